The molecule has 0 unspecified atom stereocenters. The number of pyridine rings is 1. The number of hydrogen-bond acceptors (Lipinski definition) is 5. The van der Waals surface area contributed by atoms with Gasteiger partial charge >= 0.3 is 0 Å². The summed E-state index contributed by atoms with van der Waals surface area (Å²) in [7, 11) is 1.65. The smallest absolute Gasteiger partial charge is 0.142 e. The lowest BCUT2D eigenvalue weighted by Gasteiger charge is -2.10. The second-order valence-electron chi connectivity index (χ2n) is 4.37. The SMILES string of the molecule is COc1cccc(Nc2nc(C)nc3cnccc23)c1. The van der Waals surface area contributed by atoms with Crippen molar-refractivity contribution in [3.8, 4) is 5.75 Å². The van der Waals surface area contributed by atoms with Crippen LogP contribution in [-0.2, 0) is 0 Å². The van der Waals surface area contributed by atoms with Gasteiger partial charge in [-0.2, -0.15) is 0 Å². The molecule has 0 radical (unpaired) electrons. The normalized spacial score (nSPS) is 10.5. The van der Waals surface area contributed by atoms with Crippen LogP contribution in [-0.4, -0.2) is 22.1 Å². The molecule has 0 fully saturated rings. The largest absolute Gasteiger partial charge is 0.497 e. The minimum Gasteiger partial charge on any atom is -0.497 e. The van der Waals surface area contributed by atoms with Crippen molar-refractivity contribution < 1.29 is 4.74 Å². The van der Waals surface area contributed by atoms with Crippen LogP contribution in [0.25, 0.3) is 10.9 Å². The number of methoxy groups -OCH3 is 1. The van der Waals surface area contributed by atoms with Gasteiger partial charge in [-0.1, -0.05) is 6.07 Å². The van der Waals surface area contributed by atoms with E-state index in [2.05, 4.69) is 20.3 Å². The van der Waals surface area contributed by atoms with E-state index in [-0.39, 0.29) is 0 Å². The molecule has 5 nitrogen and oxygen atoms in total. The second kappa shape index (κ2) is 5.13. The number of nitrogens with zero attached hydrogens (tertiary/aromatic N) is 3. The van der Waals surface area contributed by atoms with Crippen molar-refractivity contribution in [2.45, 2.75) is 6.92 Å². The molecule has 1 aromatic carbocycles. The zero-order chi connectivity index (χ0) is 13.9. The average molecular weight is 266 g/mol. The van der Waals surface area contributed by atoms with Gasteiger partial charge in [-0.15, -0.1) is 0 Å². The molecule has 0 saturated carbocycles. The first kappa shape index (κ1) is 12.3. The fourth-order valence-corrected chi connectivity index (χ4v) is 2.03. The predicted octanol–water partition coefficient (Wildman–Crippen LogP) is 3.09. The molecule has 0 bridgehead atoms. The van der Waals surface area contributed by atoms with E-state index in [4.69, 9.17) is 4.74 Å². The lowest BCUT2D eigenvalue weighted by Crippen LogP contribution is -1.99. The van der Waals surface area contributed by atoms with Gasteiger partial charge < -0.3 is 10.1 Å². The van der Waals surface area contributed by atoms with Crippen LogP contribution in [0.2, 0.25) is 0 Å². The first-order valence-electron chi connectivity index (χ1n) is 6.26. The highest BCUT2D eigenvalue weighted by molar-refractivity contribution is 5.90. The summed E-state index contributed by atoms with van der Waals surface area (Å²) in [5, 5.41) is 4.24. The zero-order valence-corrected chi connectivity index (χ0v) is 11.3. The standard InChI is InChI=1S/C15H14N4O/c1-10-17-14-9-16-7-6-13(14)15(18-10)19-11-4-3-5-12(8-11)20-2/h3-9H,1-2H3,(H,17,18,19). The molecule has 3 rings (SSSR count). The van der Waals surface area contributed by atoms with Crippen LogP contribution in [0.1, 0.15) is 5.82 Å². The maximum Gasteiger partial charge on any atom is 0.142 e. The Hall–Kier alpha value is -2.69. The fraction of sp³-hybridized carbons (Fsp3) is 0.133. The fourth-order valence-electron chi connectivity index (χ4n) is 2.03. The van der Waals surface area contributed by atoms with E-state index in [1.165, 1.54) is 0 Å². The lowest BCUT2D eigenvalue weighted by atomic mass is 10.2. The van der Waals surface area contributed by atoms with Crippen LogP contribution < -0.4 is 10.1 Å². The van der Waals surface area contributed by atoms with Gasteiger partial charge in [0.15, 0.2) is 0 Å². The molecule has 0 saturated heterocycles. The van der Waals surface area contributed by atoms with Crippen molar-refractivity contribution >= 4 is 22.4 Å². The third kappa shape index (κ3) is 2.38. The second-order valence-corrected chi connectivity index (χ2v) is 4.37. The van der Waals surface area contributed by atoms with Gasteiger partial charge in [0.2, 0.25) is 0 Å². The zero-order valence-electron chi connectivity index (χ0n) is 11.3. The van der Waals surface area contributed by atoms with Crippen LogP contribution in [0.5, 0.6) is 5.75 Å². The first-order chi connectivity index (χ1) is 9.76. The highest BCUT2D eigenvalue weighted by Crippen LogP contribution is 2.25. The van der Waals surface area contributed by atoms with Crippen molar-refractivity contribution in [1.82, 2.24) is 15.0 Å². The number of fused-ring (bicyclic) bond motifs is 1. The first-order valence-corrected chi connectivity index (χ1v) is 6.26. The molecular formula is C15H14N4O. The molecule has 20 heavy (non-hydrogen) atoms. The Bertz CT molecular complexity index is 758. The molecular weight excluding hydrogens is 252 g/mol. The van der Waals surface area contributed by atoms with Crippen molar-refractivity contribution in [3.05, 3.63) is 48.5 Å². The van der Waals surface area contributed by atoms with Gasteiger partial charge in [-0.05, 0) is 25.1 Å². The Morgan fingerprint density at radius 1 is 1.15 bits per heavy atom. The summed E-state index contributed by atoms with van der Waals surface area (Å²) in [4.78, 5) is 12.9. The van der Waals surface area contributed by atoms with Crippen molar-refractivity contribution in [1.29, 1.82) is 0 Å². The van der Waals surface area contributed by atoms with Crippen molar-refractivity contribution in [3.63, 3.8) is 0 Å². The van der Waals surface area contributed by atoms with E-state index < -0.39 is 0 Å². The van der Waals surface area contributed by atoms with Gasteiger partial charge in [-0.25, -0.2) is 9.97 Å². The van der Waals surface area contributed by atoms with E-state index in [9.17, 15) is 0 Å². The number of ether oxygens (including phenoxy) is 1. The van der Waals surface area contributed by atoms with Crippen LogP contribution in [0.4, 0.5) is 11.5 Å². The van der Waals surface area contributed by atoms with Gasteiger partial charge in [0.1, 0.15) is 17.4 Å². The van der Waals surface area contributed by atoms with E-state index in [0.29, 0.717) is 5.82 Å². The van der Waals surface area contributed by atoms with Crippen LogP contribution in [0.3, 0.4) is 0 Å². The summed E-state index contributed by atoms with van der Waals surface area (Å²) in [5.41, 5.74) is 1.74. The average Bonchev–Trinajstić information content (AvgIpc) is 2.47. The summed E-state index contributed by atoms with van der Waals surface area (Å²) in [5.74, 6) is 2.27. The van der Waals surface area contributed by atoms with E-state index >= 15 is 0 Å². The lowest BCUT2D eigenvalue weighted by molar-refractivity contribution is 0.415. The summed E-state index contributed by atoms with van der Waals surface area (Å²) < 4.78 is 5.22. The summed E-state index contributed by atoms with van der Waals surface area (Å²) in [6, 6.07) is 9.62. The molecule has 0 amide bonds. The maximum atomic E-state index is 5.22. The minimum absolute atomic E-state index is 0.705. The summed E-state index contributed by atoms with van der Waals surface area (Å²) >= 11 is 0. The number of hydrogen-bond donors (Lipinski definition) is 1. The quantitative estimate of drug-likeness (QED) is 0.789. The molecule has 1 N–H and O–H groups in total. The van der Waals surface area contributed by atoms with Crippen LogP contribution >= 0.6 is 0 Å². The van der Waals surface area contributed by atoms with Gasteiger partial charge in [-0.3, -0.25) is 4.98 Å². The number of benzene rings is 1. The van der Waals surface area contributed by atoms with Crippen molar-refractivity contribution in [2.24, 2.45) is 0 Å². The number of aromatic nitrogens is 3. The molecule has 0 aliphatic carbocycles. The molecule has 3 aromatic rings. The van der Waals surface area contributed by atoms with Crippen LogP contribution in [0.15, 0.2) is 42.7 Å². The number of rotatable bonds is 3. The van der Waals surface area contributed by atoms with Gasteiger partial charge in [0.05, 0.1) is 18.8 Å². The Labute approximate surface area is 116 Å². The van der Waals surface area contributed by atoms with Gasteiger partial charge in [0, 0.05) is 23.3 Å². The molecule has 0 atom stereocenters. The summed E-state index contributed by atoms with van der Waals surface area (Å²) in [6.07, 6.45) is 3.47. The van der Waals surface area contributed by atoms with E-state index in [1.807, 2.05) is 37.3 Å². The Kier molecular flexibility index (Phi) is 3.16. The third-order valence-corrected chi connectivity index (χ3v) is 2.94. The topological polar surface area (TPSA) is 59.9 Å². The third-order valence-electron chi connectivity index (χ3n) is 2.94. The summed E-state index contributed by atoms with van der Waals surface area (Å²) in [6.45, 7) is 1.86. The highest BCUT2D eigenvalue weighted by Gasteiger charge is 2.06. The molecule has 100 valence electrons. The molecule has 2 aromatic heterocycles. The minimum atomic E-state index is 0.705. The number of nitrogens with one attached hydrogen (secondary N) is 1. The van der Waals surface area contributed by atoms with Crippen LogP contribution in [0, 0.1) is 6.92 Å². The monoisotopic (exact) mass is 266 g/mol. The Balaban J connectivity index is 2.05. The van der Waals surface area contributed by atoms with Crippen molar-refractivity contribution in [2.75, 3.05) is 12.4 Å². The number of aryl methyl sites for hydroxylation is 1. The van der Waals surface area contributed by atoms with E-state index in [1.54, 1.807) is 19.5 Å². The highest BCUT2D eigenvalue weighted by atomic mass is 16.5. The Morgan fingerprint density at radius 3 is 2.90 bits per heavy atom. The number of anilines is 2. The molecule has 5 heteroatoms. The van der Waals surface area contributed by atoms with E-state index in [0.717, 1.165) is 28.2 Å². The molecule has 0 spiro atoms. The maximum absolute atomic E-state index is 5.22. The Morgan fingerprint density at radius 2 is 2.05 bits per heavy atom. The predicted molar refractivity (Wildman–Crippen MR) is 78.3 cm³/mol. The molecule has 2 heterocycles. The van der Waals surface area contributed by atoms with Gasteiger partial charge in [0.25, 0.3) is 0 Å². The molecule has 0 aliphatic heterocycles. The molecule has 0 aliphatic rings.